The molecule has 2 aromatic rings. The minimum Gasteiger partial charge on any atom is -0.398 e. The van der Waals surface area contributed by atoms with E-state index in [0.717, 1.165) is 5.69 Å². The van der Waals surface area contributed by atoms with Gasteiger partial charge in [-0.15, -0.1) is 0 Å². The lowest BCUT2D eigenvalue weighted by atomic mass is 9.87. The second-order valence-electron chi connectivity index (χ2n) is 6.25. The van der Waals surface area contributed by atoms with Gasteiger partial charge in [0.15, 0.2) is 0 Å². The largest absolute Gasteiger partial charge is 0.398 e. The summed E-state index contributed by atoms with van der Waals surface area (Å²) in [5.74, 6) is -0.100. The van der Waals surface area contributed by atoms with Crippen molar-refractivity contribution in [3.05, 3.63) is 59.7 Å². The molecule has 1 amide bonds. The van der Waals surface area contributed by atoms with Crippen LogP contribution in [0.15, 0.2) is 48.5 Å². The minimum atomic E-state index is -0.100. The first-order valence-corrected chi connectivity index (χ1v) is 7.04. The Morgan fingerprint density at radius 3 is 2.10 bits per heavy atom. The molecule has 3 heteroatoms. The summed E-state index contributed by atoms with van der Waals surface area (Å²) in [6.45, 7) is 6.50. The summed E-state index contributed by atoms with van der Waals surface area (Å²) in [6, 6.07) is 15.2. The summed E-state index contributed by atoms with van der Waals surface area (Å²) >= 11 is 0. The Kier molecular flexibility index (Phi) is 4.03. The van der Waals surface area contributed by atoms with Gasteiger partial charge < -0.3 is 10.6 Å². The molecule has 0 saturated carbocycles. The molecular weight excluding hydrogens is 260 g/mol. The van der Waals surface area contributed by atoms with Crippen molar-refractivity contribution >= 4 is 17.3 Å². The molecular formula is C18H22N2O. The maximum atomic E-state index is 12.5. The number of hydrogen-bond donors (Lipinski definition) is 1. The third-order valence-electron chi connectivity index (χ3n) is 3.62. The molecule has 110 valence electrons. The summed E-state index contributed by atoms with van der Waals surface area (Å²) < 4.78 is 0. The molecule has 2 N–H and O–H groups in total. The number of para-hydroxylation sites is 1. The molecule has 3 nitrogen and oxygen atoms in total. The Morgan fingerprint density at radius 1 is 1.00 bits per heavy atom. The number of hydrogen-bond acceptors (Lipinski definition) is 2. The Labute approximate surface area is 126 Å². The number of nitrogen functional groups attached to an aromatic ring is 1. The van der Waals surface area contributed by atoms with Gasteiger partial charge in [0, 0.05) is 18.4 Å². The fraction of sp³-hybridized carbons (Fsp3) is 0.278. The molecule has 0 aliphatic carbocycles. The maximum Gasteiger partial charge on any atom is 0.260 e. The highest BCUT2D eigenvalue weighted by Crippen LogP contribution is 2.25. The van der Waals surface area contributed by atoms with Crippen molar-refractivity contribution in [3.8, 4) is 0 Å². The van der Waals surface area contributed by atoms with E-state index >= 15 is 0 Å². The van der Waals surface area contributed by atoms with Crippen molar-refractivity contribution in [2.24, 2.45) is 0 Å². The van der Waals surface area contributed by atoms with Crippen molar-refractivity contribution in [2.45, 2.75) is 26.2 Å². The summed E-state index contributed by atoms with van der Waals surface area (Å²) in [5.41, 5.74) is 9.10. The zero-order valence-electron chi connectivity index (χ0n) is 13.1. The number of rotatable bonds is 2. The molecule has 0 spiro atoms. The third kappa shape index (κ3) is 3.24. The lowest BCUT2D eigenvalue weighted by molar-refractivity contribution is 0.0994. The van der Waals surface area contributed by atoms with Gasteiger partial charge in [0.25, 0.3) is 5.91 Å². The van der Waals surface area contributed by atoms with Crippen molar-refractivity contribution < 1.29 is 4.79 Å². The van der Waals surface area contributed by atoms with Crippen molar-refractivity contribution in [3.63, 3.8) is 0 Å². The van der Waals surface area contributed by atoms with Gasteiger partial charge in [-0.05, 0) is 35.2 Å². The van der Waals surface area contributed by atoms with E-state index < -0.39 is 0 Å². The number of amides is 1. The lowest BCUT2D eigenvalue weighted by Gasteiger charge is -2.22. The van der Waals surface area contributed by atoms with Crippen LogP contribution in [0.5, 0.6) is 0 Å². The van der Waals surface area contributed by atoms with Crippen LogP contribution in [0.25, 0.3) is 0 Å². The average molecular weight is 282 g/mol. The molecule has 2 aromatic carbocycles. The smallest absolute Gasteiger partial charge is 0.260 e. The quantitative estimate of drug-likeness (QED) is 0.851. The Balaban J connectivity index is 2.26. The molecule has 0 unspecified atom stereocenters. The van der Waals surface area contributed by atoms with Crippen LogP contribution < -0.4 is 10.6 Å². The second-order valence-corrected chi connectivity index (χ2v) is 6.25. The van der Waals surface area contributed by atoms with Gasteiger partial charge in [-0.1, -0.05) is 45.0 Å². The van der Waals surface area contributed by atoms with E-state index in [1.54, 1.807) is 24.1 Å². The van der Waals surface area contributed by atoms with Crippen LogP contribution in [0.4, 0.5) is 11.4 Å². The zero-order chi connectivity index (χ0) is 15.6. The Bertz CT molecular complexity index is 639. The number of nitrogens with two attached hydrogens (primary N) is 1. The van der Waals surface area contributed by atoms with Crippen molar-refractivity contribution in [1.82, 2.24) is 0 Å². The maximum absolute atomic E-state index is 12.5. The van der Waals surface area contributed by atoms with E-state index in [1.165, 1.54) is 5.56 Å². The van der Waals surface area contributed by atoms with Crippen LogP contribution in [0, 0.1) is 0 Å². The van der Waals surface area contributed by atoms with Gasteiger partial charge in [-0.2, -0.15) is 0 Å². The van der Waals surface area contributed by atoms with E-state index in [2.05, 4.69) is 32.9 Å². The Morgan fingerprint density at radius 2 is 1.57 bits per heavy atom. The van der Waals surface area contributed by atoms with Crippen molar-refractivity contribution in [1.29, 1.82) is 0 Å². The monoisotopic (exact) mass is 282 g/mol. The number of benzene rings is 2. The molecule has 0 fully saturated rings. The number of anilines is 2. The molecule has 0 bridgehead atoms. The summed E-state index contributed by atoms with van der Waals surface area (Å²) in [5, 5.41) is 0. The number of carbonyl (C=O) groups is 1. The molecule has 0 atom stereocenters. The Hall–Kier alpha value is -2.29. The number of carbonyl (C=O) groups excluding carboxylic acids is 1. The van der Waals surface area contributed by atoms with Gasteiger partial charge in [0.2, 0.25) is 0 Å². The first-order valence-electron chi connectivity index (χ1n) is 7.04. The SMILES string of the molecule is CN(C(=O)c1ccccc1N)c1ccc(C(C)(C)C)cc1. The molecule has 2 rings (SSSR count). The summed E-state index contributed by atoms with van der Waals surface area (Å²) in [7, 11) is 1.76. The standard InChI is InChI=1S/C18H22N2O/c1-18(2,3)13-9-11-14(12-10-13)20(4)17(21)15-7-5-6-8-16(15)19/h5-12H,19H2,1-4H3. The topological polar surface area (TPSA) is 46.3 Å². The van der Waals surface area contributed by atoms with Gasteiger partial charge in [0.1, 0.15) is 0 Å². The van der Waals surface area contributed by atoms with Crippen LogP contribution in [0.1, 0.15) is 36.7 Å². The molecule has 0 aliphatic heterocycles. The van der Waals surface area contributed by atoms with Gasteiger partial charge in [-0.3, -0.25) is 4.79 Å². The van der Waals surface area contributed by atoms with Gasteiger partial charge >= 0.3 is 0 Å². The highest BCUT2D eigenvalue weighted by atomic mass is 16.2. The average Bonchev–Trinajstić information content (AvgIpc) is 2.45. The molecule has 21 heavy (non-hydrogen) atoms. The molecule has 0 heterocycles. The van der Waals surface area contributed by atoms with Gasteiger partial charge in [-0.25, -0.2) is 0 Å². The van der Waals surface area contributed by atoms with Crippen LogP contribution >= 0.6 is 0 Å². The van der Waals surface area contributed by atoms with E-state index in [0.29, 0.717) is 11.3 Å². The van der Waals surface area contributed by atoms with Crippen molar-refractivity contribution in [2.75, 3.05) is 17.7 Å². The number of nitrogens with zero attached hydrogens (tertiary/aromatic N) is 1. The highest BCUT2D eigenvalue weighted by molar-refractivity contribution is 6.08. The normalized spacial score (nSPS) is 11.2. The summed E-state index contributed by atoms with van der Waals surface area (Å²) in [4.78, 5) is 14.1. The molecule has 0 saturated heterocycles. The van der Waals surface area contributed by atoms with Crippen LogP contribution in [0.3, 0.4) is 0 Å². The van der Waals surface area contributed by atoms with Crippen LogP contribution in [0.2, 0.25) is 0 Å². The molecule has 0 aromatic heterocycles. The van der Waals surface area contributed by atoms with E-state index in [-0.39, 0.29) is 11.3 Å². The predicted octanol–water partition coefficient (Wildman–Crippen LogP) is 3.84. The highest BCUT2D eigenvalue weighted by Gasteiger charge is 2.17. The van der Waals surface area contributed by atoms with E-state index in [4.69, 9.17) is 5.73 Å². The second kappa shape index (κ2) is 5.60. The van der Waals surface area contributed by atoms with Crippen LogP contribution in [-0.4, -0.2) is 13.0 Å². The molecule has 0 aliphatic rings. The zero-order valence-corrected chi connectivity index (χ0v) is 13.1. The fourth-order valence-electron chi connectivity index (χ4n) is 2.17. The minimum absolute atomic E-state index is 0.100. The lowest BCUT2D eigenvalue weighted by Crippen LogP contribution is -2.27. The van der Waals surface area contributed by atoms with Gasteiger partial charge in [0.05, 0.1) is 5.56 Å². The van der Waals surface area contributed by atoms with E-state index in [9.17, 15) is 4.79 Å². The van der Waals surface area contributed by atoms with Crippen LogP contribution in [-0.2, 0) is 5.41 Å². The first-order chi connectivity index (χ1) is 9.80. The first kappa shape index (κ1) is 15.1. The fourth-order valence-corrected chi connectivity index (χ4v) is 2.17. The predicted molar refractivity (Wildman–Crippen MR) is 88.7 cm³/mol. The van der Waals surface area contributed by atoms with E-state index in [1.807, 2.05) is 24.3 Å². The molecule has 0 radical (unpaired) electrons. The summed E-state index contributed by atoms with van der Waals surface area (Å²) in [6.07, 6.45) is 0. The third-order valence-corrected chi connectivity index (χ3v) is 3.62.